The molecule has 2 aromatic carbocycles. The minimum absolute atomic E-state index is 0.531. The number of benzene rings is 2. The van der Waals surface area contributed by atoms with Crippen LogP contribution in [0, 0.1) is 0 Å². The van der Waals surface area contributed by atoms with Crippen molar-refractivity contribution in [1.82, 2.24) is 15.1 Å². The topological polar surface area (TPSA) is 58.3 Å². The Balaban J connectivity index is 1.24. The number of nitrogen functional groups attached to an aromatic ring is 1. The molecular weight excluding hydrogens is 398 g/mol. The molecule has 2 N–H and O–H groups in total. The SMILES string of the molecule is Nc1nnc(SC/C=C/CN2CCN(c3cccc(-c4ccccc4)c3)CC2)s1. The fourth-order valence-corrected chi connectivity index (χ4v) is 4.90. The molecule has 0 saturated carbocycles. The van der Waals surface area contributed by atoms with Crippen molar-refractivity contribution in [2.75, 3.05) is 49.1 Å². The molecule has 150 valence electrons. The molecule has 5 nitrogen and oxygen atoms in total. The molecule has 0 amide bonds. The minimum Gasteiger partial charge on any atom is -0.374 e. The molecule has 0 unspecified atom stereocenters. The molecule has 0 bridgehead atoms. The number of hydrogen-bond donors (Lipinski definition) is 1. The molecule has 29 heavy (non-hydrogen) atoms. The van der Waals surface area contributed by atoms with E-state index in [1.165, 1.54) is 28.2 Å². The van der Waals surface area contributed by atoms with Crippen LogP contribution in [0.5, 0.6) is 0 Å². The first-order valence-electron chi connectivity index (χ1n) is 9.77. The van der Waals surface area contributed by atoms with Crippen LogP contribution in [0.4, 0.5) is 10.8 Å². The van der Waals surface area contributed by atoms with Gasteiger partial charge in [-0.1, -0.05) is 77.7 Å². The third kappa shape index (κ3) is 5.59. The molecule has 0 spiro atoms. The molecule has 1 aromatic heterocycles. The summed E-state index contributed by atoms with van der Waals surface area (Å²) in [6, 6.07) is 19.5. The van der Waals surface area contributed by atoms with Gasteiger partial charge in [-0.15, -0.1) is 10.2 Å². The summed E-state index contributed by atoms with van der Waals surface area (Å²) in [4.78, 5) is 4.99. The van der Waals surface area contributed by atoms with E-state index in [0.29, 0.717) is 5.13 Å². The predicted molar refractivity (Wildman–Crippen MR) is 125 cm³/mol. The Morgan fingerprint density at radius 3 is 2.48 bits per heavy atom. The molecule has 2 heterocycles. The second-order valence-electron chi connectivity index (χ2n) is 6.89. The van der Waals surface area contributed by atoms with Gasteiger partial charge in [0.15, 0.2) is 4.34 Å². The number of anilines is 2. The van der Waals surface area contributed by atoms with E-state index in [1.54, 1.807) is 11.8 Å². The summed E-state index contributed by atoms with van der Waals surface area (Å²) in [7, 11) is 0. The first kappa shape index (κ1) is 19.9. The van der Waals surface area contributed by atoms with Gasteiger partial charge in [-0.3, -0.25) is 4.90 Å². The highest BCUT2D eigenvalue weighted by molar-refractivity contribution is 8.01. The maximum Gasteiger partial charge on any atom is 0.203 e. The Morgan fingerprint density at radius 2 is 1.72 bits per heavy atom. The van der Waals surface area contributed by atoms with Gasteiger partial charge in [0, 0.05) is 44.2 Å². The lowest BCUT2D eigenvalue weighted by Crippen LogP contribution is -2.46. The van der Waals surface area contributed by atoms with E-state index in [4.69, 9.17) is 5.73 Å². The van der Waals surface area contributed by atoms with Crippen molar-refractivity contribution in [3.05, 3.63) is 66.7 Å². The molecule has 0 atom stereocenters. The predicted octanol–water partition coefficient (Wildman–Crippen LogP) is 4.26. The molecule has 1 saturated heterocycles. The summed E-state index contributed by atoms with van der Waals surface area (Å²) in [5, 5.41) is 8.39. The summed E-state index contributed by atoms with van der Waals surface area (Å²) in [6.45, 7) is 5.28. The van der Waals surface area contributed by atoms with Crippen LogP contribution in [-0.4, -0.2) is 53.6 Å². The lowest BCUT2D eigenvalue weighted by atomic mass is 10.0. The van der Waals surface area contributed by atoms with Crippen LogP contribution >= 0.6 is 23.1 Å². The number of nitrogens with zero attached hydrogens (tertiary/aromatic N) is 4. The molecule has 1 aliphatic heterocycles. The zero-order chi connectivity index (χ0) is 19.9. The van der Waals surface area contributed by atoms with Crippen LogP contribution in [0.1, 0.15) is 0 Å². The van der Waals surface area contributed by atoms with Crippen molar-refractivity contribution in [3.63, 3.8) is 0 Å². The smallest absolute Gasteiger partial charge is 0.203 e. The van der Waals surface area contributed by atoms with Crippen molar-refractivity contribution in [3.8, 4) is 11.1 Å². The van der Waals surface area contributed by atoms with Gasteiger partial charge in [0.2, 0.25) is 5.13 Å². The van der Waals surface area contributed by atoms with Gasteiger partial charge in [-0.25, -0.2) is 0 Å². The zero-order valence-electron chi connectivity index (χ0n) is 16.3. The average molecular weight is 424 g/mol. The fraction of sp³-hybridized carbons (Fsp3) is 0.273. The molecule has 3 aromatic rings. The first-order valence-corrected chi connectivity index (χ1v) is 11.6. The number of thioether (sulfide) groups is 1. The zero-order valence-corrected chi connectivity index (χ0v) is 17.9. The molecule has 1 fully saturated rings. The number of hydrogen-bond acceptors (Lipinski definition) is 7. The summed E-state index contributed by atoms with van der Waals surface area (Å²) in [5.74, 6) is 0.904. The van der Waals surface area contributed by atoms with Crippen molar-refractivity contribution < 1.29 is 0 Å². The lowest BCUT2D eigenvalue weighted by molar-refractivity contribution is 0.284. The minimum atomic E-state index is 0.531. The van der Waals surface area contributed by atoms with Crippen LogP contribution in [0.3, 0.4) is 0 Å². The van der Waals surface area contributed by atoms with E-state index < -0.39 is 0 Å². The normalized spacial score (nSPS) is 15.2. The molecule has 0 radical (unpaired) electrons. The quantitative estimate of drug-likeness (QED) is 0.453. The number of piperazine rings is 1. The summed E-state index contributed by atoms with van der Waals surface area (Å²) < 4.78 is 0.929. The second kappa shape index (κ2) is 9.91. The first-order chi connectivity index (χ1) is 14.3. The Hall–Kier alpha value is -2.35. The van der Waals surface area contributed by atoms with E-state index >= 15 is 0 Å². The van der Waals surface area contributed by atoms with E-state index in [-0.39, 0.29) is 0 Å². The Kier molecular flexibility index (Phi) is 6.82. The second-order valence-corrected chi connectivity index (χ2v) is 9.17. The molecule has 7 heteroatoms. The van der Waals surface area contributed by atoms with Crippen molar-refractivity contribution in [2.24, 2.45) is 0 Å². The monoisotopic (exact) mass is 423 g/mol. The molecule has 0 aliphatic carbocycles. The molecular formula is C22H25N5S2. The van der Waals surface area contributed by atoms with E-state index in [9.17, 15) is 0 Å². The van der Waals surface area contributed by atoms with Crippen molar-refractivity contribution in [1.29, 1.82) is 0 Å². The fourth-order valence-electron chi connectivity index (χ4n) is 3.39. The Bertz CT molecular complexity index is 933. The largest absolute Gasteiger partial charge is 0.374 e. The number of nitrogens with two attached hydrogens (primary N) is 1. The van der Waals surface area contributed by atoms with E-state index in [2.05, 4.69) is 86.7 Å². The van der Waals surface area contributed by atoms with Gasteiger partial charge in [0.1, 0.15) is 0 Å². The maximum absolute atomic E-state index is 5.60. The van der Waals surface area contributed by atoms with Gasteiger partial charge in [0.25, 0.3) is 0 Å². The van der Waals surface area contributed by atoms with Crippen LogP contribution < -0.4 is 10.6 Å². The molecule has 1 aliphatic rings. The van der Waals surface area contributed by atoms with Gasteiger partial charge >= 0.3 is 0 Å². The Morgan fingerprint density at radius 1 is 0.931 bits per heavy atom. The third-order valence-corrected chi connectivity index (χ3v) is 6.78. The highest BCUT2D eigenvalue weighted by atomic mass is 32.2. The van der Waals surface area contributed by atoms with Crippen LogP contribution in [-0.2, 0) is 0 Å². The van der Waals surface area contributed by atoms with Crippen molar-refractivity contribution in [2.45, 2.75) is 4.34 Å². The highest BCUT2D eigenvalue weighted by Gasteiger charge is 2.16. The van der Waals surface area contributed by atoms with Crippen LogP contribution in [0.15, 0.2) is 71.1 Å². The summed E-state index contributed by atoms with van der Waals surface area (Å²) in [6.07, 6.45) is 4.46. The van der Waals surface area contributed by atoms with Crippen LogP contribution in [0.2, 0.25) is 0 Å². The number of aromatic nitrogens is 2. The van der Waals surface area contributed by atoms with Gasteiger partial charge < -0.3 is 10.6 Å². The molecule has 4 rings (SSSR count). The third-order valence-electron chi connectivity index (χ3n) is 4.95. The summed E-state index contributed by atoms with van der Waals surface area (Å²) >= 11 is 3.12. The van der Waals surface area contributed by atoms with E-state index in [0.717, 1.165) is 42.8 Å². The summed E-state index contributed by atoms with van der Waals surface area (Å²) in [5.41, 5.74) is 9.47. The number of rotatable bonds is 7. The Labute approximate surface area is 180 Å². The maximum atomic E-state index is 5.60. The average Bonchev–Trinajstić information content (AvgIpc) is 3.20. The van der Waals surface area contributed by atoms with Gasteiger partial charge in [0.05, 0.1) is 0 Å². The van der Waals surface area contributed by atoms with Crippen molar-refractivity contribution >= 4 is 33.9 Å². The van der Waals surface area contributed by atoms with Gasteiger partial charge in [-0.05, 0) is 23.3 Å². The standard InChI is InChI=1S/C22H25N5S2/c23-21-24-25-22(29-21)28-16-5-4-11-26-12-14-27(15-13-26)20-10-6-9-19(17-20)18-7-2-1-3-8-18/h1-10,17H,11-16H2,(H2,23,24)/b5-4+. The highest BCUT2D eigenvalue weighted by Crippen LogP contribution is 2.25. The van der Waals surface area contributed by atoms with Gasteiger partial charge in [-0.2, -0.15) is 0 Å². The van der Waals surface area contributed by atoms with E-state index in [1.807, 2.05) is 0 Å². The van der Waals surface area contributed by atoms with Crippen LogP contribution in [0.25, 0.3) is 11.1 Å². The lowest BCUT2D eigenvalue weighted by Gasteiger charge is -2.35.